The van der Waals surface area contributed by atoms with E-state index < -0.39 is 7.75 Å². The number of hydrogen-bond donors (Lipinski definition) is 0. The Morgan fingerprint density at radius 3 is 2.22 bits per heavy atom. The van der Waals surface area contributed by atoms with E-state index in [0.29, 0.717) is 13.2 Å². The predicted molar refractivity (Wildman–Crippen MR) is 71.3 cm³/mol. The summed E-state index contributed by atoms with van der Waals surface area (Å²) in [7, 11) is -3.12. The van der Waals surface area contributed by atoms with Crippen LogP contribution in [0.15, 0.2) is 30.3 Å². The molecule has 0 aromatic heterocycles. The first-order chi connectivity index (χ1) is 8.64. The molecule has 18 heavy (non-hydrogen) atoms. The molecule has 1 fully saturated rings. The van der Waals surface area contributed by atoms with E-state index in [1.165, 1.54) is 0 Å². The highest BCUT2D eigenvalue weighted by Crippen LogP contribution is 2.66. The van der Waals surface area contributed by atoms with Crippen LogP contribution < -0.4 is 0 Å². The van der Waals surface area contributed by atoms with Crippen molar-refractivity contribution in [1.82, 2.24) is 4.67 Å². The summed E-state index contributed by atoms with van der Waals surface area (Å²) in [5.74, 6) is 0. The second kappa shape index (κ2) is 5.54. The van der Waals surface area contributed by atoms with Crippen molar-refractivity contribution in [2.24, 2.45) is 0 Å². The highest BCUT2D eigenvalue weighted by Gasteiger charge is 2.57. The van der Waals surface area contributed by atoms with Gasteiger partial charge in [-0.15, -0.1) is 0 Å². The van der Waals surface area contributed by atoms with Crippen molar-refractivity contribution >= 4 is 7.75 Å². The van der Waals surface area contributed by atoms with Crippen molar-refractivity contribution in [2.75, 3.05) is 13.2 Å². The van der Waals surface area contributed by atoms with Gasteiger partial charge in [-0.1, -0.05) is 30.3 Å². The molecule has 0 saturated carbocycles. The maximum absolute atomic E-state index is 12.7. The molecule has 0 N–H and O–H groups in total. The molecule has 100 valence electrons. The van der Waals surface area contributed by atoms with Gasteiger partial charge in [-0.2, -0.15) is 4.67 Å². The Bertz CT molecular complexity index is 427. The summed E-state index contributed by atoms with van der Waals surface area (Å²) in [4.78, 5) is 0. The molecule has 1 heterocycles. The number of rotatable bonds is 6. The summed E-state index contributed by atoms with van der Waals surface area (Å²) in [6.07, 6.45) is 0. The third-order valence-electron chi connectivity index (χ3n) is 3.08. The van der Waals surface area contributed by atoms with E-state index in [4.69, 9.17) is 9.05 Å². The van der Waals surface area contributed by atoms with Crippen LogP contribution >= 0.6 is 7.75 Å². The van der Waals surface area contributed by atoms with Gasteiger partial charge in [0.15, 0.2) is 0 Å². The van der Waals surface area contributed by atoms with Crippen LogP contribution in [0.4, 0.5) is 0 Å². The lowest BCUT2D eigenvalue weighted by Gasteiger charge is -2.18. The maximum Gasteiger partial charge on any atom is 0.409 e. The topological polar surface area (TPSA) is 38.5 Å². The molecular formula is C13H20NO3P. The van der Waals surface area contributed by atoms with Gasteiger partial charge in [0.1, 0.15) is 0 Å². The Labute approximate surface area is 108 Å². The van der Waals surface area contributed by atoms with Crippen molar-refractivity contribution in [3.8, 4) is 0 Å². The molecule has 1 aromatic rings. The molecule has 1 aliphatic heterocycles. The van der Waals surface area contributed by atoms with Gasteiger partial charge < -0.3 is 0 Å². The molecule has 1 aliphatic rings. The minimum Gasteiger partial charge on any atom is -0.297 e. The second-order valence-electron chi connectivity index (χ2n) is 4.28. The molecule has 0 aliphatic carbocycles. The van der Waals surface area contributed by atoms with Crippen LogP contribution in [0.5, 0.6) is 0 Å². The molecular weight excluding hydrogens is 249 g/mol. The lowest BCUT2D eigenvalue weighted by Crippen LogP contribution is -2.06. The normalized spacial score (nSPS) is 27.2. The van der Waals surface area contributed by atoms with Crippen LogP contribution in [-0.4, -0.2) is 23.9 Å². The summed E-state index contributed by atoms with van der Waals surface area (Å²) >= 11 is 0. The van der Waals surface area contributed by atoms with Gasteiger partial charge in [-0.05, 0) is 26.3 Å². The maximum atomic E-state index is 12.7. The predicted octanol–water partition coefficient (Wildman–Crippen LogP) is 3.61. The third kappa shape index (κ3) is 2.52. The first-order valence-electron chi connectivity index (χ1n) is 6.37. The van der Waals surface area contributed by atoms with Crippen LogP contribution in [0.2, 0.25) is 0 Å². The zero-order chi connectivity index (χ0) is 13.2. The first kappa shape index (κ1) is 13.8. The van der Waals surface area contributed by atoms with E-state index in [1.807, 2.05) is 55.8 Å². The number of nitrogens with zero attached hydrogens (tertiary/aromatic N) is 1. The Morgan fingerprint density at radius 2 is 1.72 bits per heavy atom. The van der Waals surface area contributed by atoms with E-state index in [9.17, 15) is 4.57 Å². The zero-order valence-electron chi connectivity index (χ0n) is 11.1. The lowest BCUT2D eigenvalue weighted by atomic mass is 10.1. The summed E-state index contributed by atoms with van der Waals surface area (Å²) in [6, 6.07) is 10.4. The molecule has 5 heteroatoms. The van der Waals surface area contributed by atoms with Crippen LogP contribution in [0, 0.1) is 0 Å². The Balaban J connectivity index is 2.17. The SMILES string of the molecule is CCOP(=O)(OCC)N1C(C)C1c1ccccc1. The van der Waals surface area contributed by atoms with Gasteiger partial charge in [0, 0.05) is 6.04 Å². The minimum absolute atomic E-state index is 0.134. The standard InChI is InChI=1S/C13H20NO3P/c1-4-16-18(15,17-5-2)14-11(3)13(14)12-9-7-6-8-10-12/h6-11,13H,4-5H2,1-3H3. The minimum atomic E-state index is -3.12. The van der Waals surface area contributed by atoms with E-state index >= 15 is 0 Å². The molecule has 4 nitrogen and oxygen atoms in total. The first-order valence-corrected chi connectivity index (χ1v) is 7.86. The average Bonchev–Trinajstić information content (AvgIpc) is 3.03. The van der Waals surface area contributed by atoms with Crippen molar-refractivity contribution in [1.29, 1.82) is 0 Å². The summed E-state index contributed by atoms with van der Waals surface area (Å²) < 4.78 is 25.2. The highest BCUT2D eigenvalue weighted by atomic mass is 31.2. The Hall–Kier alpha value is -0.670. The van der Waals surface area contributed by atoms with Gasteiger partial charge in [0.25, 0.3) is 0 Å². The van der Waals surface area contributed by atoms with Gasteiger partial charge in [0.05, 0.1) is 19.3 Å². The highest BCUT2D eigenvalue weighted by molar-refractivity contribution is 7.51. The largest absolute Gasteiger partial charge is 0.409 e. The monoisotopic (exact) mass is 269 g/mol. The third-order valence-corrected chi connectivity index (χ3v) is 5.43. The fraction of sp³-hybridized carbons (Fsp3) is 0.538. The van der Waals surface area contributed by atoms with E-state index in [0.717, 1.165) is 5.56 Å². The van der Waals surface area contributed by atoms with Crippen molar-refractivity contribution in [2.45, 2.75) is 32.9 Å². The fourth-order valence-corrected chi connectivity index (χ4v) is 4.42. The van der Waals surface area contributed by atoms with Crippen LogP contribution in [0.1, 0.15) is 32.4 Å². The molecule has 0 radical (unpaired) electrons. The number of benzene rings is 1. The van der Waals surface area contributed by atoms with Crippen LogP contribution in [0.25, 0.3) is 0 Å². The molecule has 1 aromatic carbocycles. The molecule has 3 atom stereocenters. The van der Waals surface area contributed by atoms with Crippen molar-refractivity contribution in [3.05, 3.63) is 35.9 Å². The second-order valence-corrected chi connectivity index (χ2v) is 6.20. The number of hydrogen-bond acceptors (Lipinski definition) is 3. The summed E-state index contributed by atoms with van der Waals surface area (Å²) in [5.41, 5.74) is 1.16. The van der Waals surface area contributed by atoms with Gasteiger partial charge in [-0.3, -0.25) is 9.05 Å². The average molecular weight is 269 g/mol. The van der Waals surface area contributed by atoms with Crippen LogP contribution in [0.3, 0.4) is 0 Å². The zero-order valence-corrected chi connectivity index (χ0v) is 12.0. The van der Waals surface area contributed by atoms with Crippen LogP contribution in [-0.2, 0) is 13.6 Å². The van der Waals surface area contributed by atoms with Gasteiger partial charge in [-0.25, -0.2) is 4.57 Å². The molecule has 0 bridgehead atoms. The smallest absolute Gasteiger partial charge is 0.297 e. The fourth-order valence-electron chi connectivity index (χ4n) is 2.29. The van der Waals surface area contributed by atoms with Crippen molar-refractivity contribution in [3.63, 3.8) is 0 Å². The molecule has 3 unspecified atom stereocenters. The lowest BCUT2D eigenvalue weighted by molar-refractivity contribution is 0.193. The molecule has 1 saturated heterocycles. The van der Waals surface area contributed by atoms with Crippen molar-refractivity contribution < 1.29 is 13.6 Å². The Kier molecular flexibility index (Phi) is 4.23. The van der Waals surface area contributed by atoms with E-state index in [1.54, 1.807) is 0 Å². The van der Waals surface area contributed by atoms with Gasteiger partial charge in [0.2, 0.25) is 0 Å². The van der Waals surface area contributed by atoms with Gasteiger partial charge >= 0.3 is 7.75 Å². The quantitative estimate of drug-likeness (QED) is 0.584. The molecule has 2 rings (SSSR count). The molecule has 0 spiro atoms. The Morgan fingerprint density at radius 1 is 1.17 bits per heavy atom. The summed E-state index contributed by atoms with van der Waals surface area (Å²) in [5, 5.41) is 0. The van der Waals surface area contributed by atoms with E-state index in [-0.39, 0.29) is 12.1 Å². The summed E-state index contributed by atoms with van der Waals surface area (Å²) in [6.45, 7) is 6.49. The molecule has 0 amide bonds. The van der Waals surface area contributed by atoms with E-state index in [2.05, 4.69) is 0 Å².